The molecule has 3 aliphatic carbocycles. The molecule has 2 bridgehead atoms. The molecule has 0 radical (unpaired) electrons. The number of hydrogen-bond donors (Lipinski definition) is 0. The van der Waals surface area contributed by atoms with Gasteiger partial charge in [-0.05, 0) is 43.9 Å². The summed E-state index contributed by atoms with van der Waals surface area (Å²) >= 11 is 0. The number of fused-ring (bicyclic) bond motifs is 5. The van der Waals surface area contributed by atoms with Gasteiger partial charge in [0.15, 0.2) is 0 Å². The molecule has 4 unspecified atom stereocenters. The molecule has 0 saturated heterocycles. The molecule has 76 valence electrons. The summed E-state index contributed by atoms with van der Waals surface area (Å²) in [5.41, 5.74) is 0.0810. The van der Waals surface area contributed by atoms with Crippen LogP contribution >= 0.6 is 0 Å². The van der Waals surface area contributed by atoms with E-state index in [1.54, 1.807) is 0 Å². The van der Waals surface area contributed by atoms with Crippen molar-refractivity contribution in [2.24, 2.45) is 23.2 Å². The van der Waals surface area contributed by atoms with Crippen LogP contribution in [0.15, 0.2) is 12.2 Å². The summed E-state index contributed by atoms with van der Waals surface area (Å²) < 4.78 is 0. The number of carbonyl (C=O) groups excluding carboxylic acids is 1. The first-order chi connectivity index (χ1) is 6.75. The van der Waals surface area contributed by atoms with E-state index >= 15 is 0 Å². The van der Waals surface area contributed by atoms with E-state index < -0.39 is 0 Å². The Bertz CT molecular complexity index is 304. The van der Waals surface area contributed by atoms with E-state index in [0.717, 1.165) is 5.92 Å². The molecule has 0 aliphatic heterocycles. The second kappa shape index (κ2) is 2.71. The van der Waals surface area contributed by atoms with Crippen molar-refractivity contribution in [1.82, 2.24) is 0 Å². The van der Waals surface area contributed by atoms with E-state index in [-0.39, 0.29) is 5.41 Å². The maximum Gasteiger partial charge on any atom is 0.136 e. The maximum atomic E-state index is 12.0. The molecular formula is C13H18O. The van der Waals surface area contributed by atoms with E-state index in [9.17, 15) is 4.79 Å². The molecule has 2 saturated carbocycles. The van der Waals surface area contributed by atoms with Gasteiger partial charge in [-0.25, -0.2) is 0 Å². The van der Waals surface area contributed by atoms with Gasteiger partial charge in [-0.1, -0.05) is 25.0 Å². The Hall–Kier alpha value is -0.590. The summed E-state index contributed by atoms with van der Waals surface area (Å²) in [5.74, 6) is 2.50. The highest BCUT2D eigenvalue weighted by molar-refractivity contribution is 5.84. The minimum Gasteiger partial charge on any atom is -0.299 e. The molecule has 0 heterocycles. The summed E-state index contributed by atoms with van der Waals surface area (Å²) in [6.45, 7) is 1.83. The first-order valence-corrected chi connectivity index (χ1v) is 5.94. The lowest BCUT2D eigenvalue weighted by atomic mass is 9.59. The van der Waals surface area contributed by atoms with Crippen molar-refractivity contribution in [1.29, 1.82) is 0 Å². The van der Waals surface area contributed by atoms with Crippen LogP contribution in [-0.4, -0.2) is 5.78 Å². The Labute approximate surface area is 85.6 Å². The summed E-state index contributed by atoms with van der Waals surface area (Å²) in [5, 5.41) is 0. The molecule has 0 aromatic carbocycles. The quantitative estimate of drug-likeness (QED) is 0.581. The summed E-state index contributed by atoms with van der Waals surface area (Å²) in [6, 6.07) is 0. The summed E-state index contributed by atoms with van der Waals surface area (Å²) in [6.07, 6.45) is 11.0. The Balaban J connectivity index is 2.05. The molecule has 1 heteroatoms. The highest BCUT2D eigenvalue weighted by Gasteiger charge is 2.58. The molecule has 3 aliphatic rings. The second-order valence-corrected chi connectivity index (χ2v) is 5.34. The molecule has 0 N–H and O–H groups in total. The van der Waals surface area contributed by atoms with Gasteiger partial charge in [0.25, 0.3) is 0 Å². The first-order valence-electron chi connectivity index (χ1n) is 5.94. The van der Waals surface area contributed by atoms with E-state index in [1.807, 2.05) is 6.92 Å². The predicted molar refractivity (Wildman–Crippen MR) is 55.8 cm³/mol. The zero-order chi connectivity index (χ0) is 9.76. The topological polar surface area (TPSA) is 17.1 Å². The fourth-order valence-electron chi connectivity index (χ4n) is 4.39. The largest absolute Gasteiger partial charge is 0.299 e. The van der Waals surface area contributed by atoms with Crippen molar-refractivity contribution in [3.8, 4) is 0 Å². The first kappa shape index (κ1) is 8.70. The number of rotatable bonds is 1. The molecule has 3 rings (SSSR count). The molecule has 4 atom stereocenters. The van der Waals surface area contributed by atoms with Crippen LogP contribution in [0.1, 0.15) is 39.0 Å². The monoisotopic (exact) mass is 190 g/mol. The van der Waals surface area contributed by atoms with Gasteiger partial charge in [-0.2, -0.15) is 0 Å². The molecule has 0 spiro atoms. The average molecular weight is 190 g/mol. The molecule has 0 aromatic heterocycles. The van der Waals surface area contributed by atoms with Crippen molar-refractivity contribution in [3.05, 3.63) is 12.2 Å². The van der Waals surface area contributed by atoms with E-state index in [1.165, 1.54) is 32.1 Å². The molecule has 14 heavy (non-hydrogen) atoms. The highest BCUT2D eigenvalue weighted by atomic mass is 16.1. The minimum atomic E-state index is 0.0810. The average Bonchev–Trinajstić information content (AvgIpc) is 2.77. The number of ketones is 1. The Morgan fingerprint density at radius 3 is 2.93 bits per heavy atom. The van der Waals surface area contributed by atoms with Crippen LogP contribution in [0.5, 0.6) is 0 Å². The maximum absolute atomic E-state index is 12.0. The van der Waals surface area contributed by atoms with Gasteiger partial charge in [-0.15, -0.1) is 0 Å². The normalized spacial score (nSPS) is 49.4. The van der Waals surface area contributed by atoms with Crippen molar-refractivity contribution >= 4 is 5.78 Å². The van der Waals surface area contributed by atoms with Crippen LogP contribution in [0.2, 0.25) is 0 Å². The summed E-state index contributed by atoms with van der Waals surface area (Å²) in [4.78, 5) is 12.0. The predicted octanol–water partition coefficient (Wildman–Crippen LogP) is 2.96. The van der Waals surface area contributed by atoms with Gasteiger partial charge < -0.3 is 0 Å². The lowest BCUT2D eigenvalue weighted by Gasteiger charge is -2.43. The molecular weight excluding hydrogens is 172 g/mol. The van der Waals surface area contributed by atoms with E-state index in [4.69, 9.17) is 0 Å². The Morgan fingerprint density at radius 2 is 2.21 bits per heavy atom. The van der Waals surface area contributed by atoms with Crippen molar-refractivity contribution in [2.75, 3.05) is 0 Å². The van der Waals surface area contributed by atoms with Crippen LogP contribution < -0.4 is 0 Å². The van der Waals surface area contributed by atoms with Gasteiger partial charge >= 0.3 is 0 Å². The fourth-order valence-corrected chi connectivity index (χ4v) is 4.39. The van der Waals surface area contributed by atoms with Gasteiger partial charge in [0.2, 0.25) is 0 Å². The van der Waals surface area contributed by atoms with Gasteiger partial charge in [-0.3, -0.25) is 4.79 Å². The minimum absolute atomic E-state index is 0.0810. The van der Waals surface area contributed by atoms with Crippen LogP contribution in [-0.2, 0) is 4.79 Å². The molecule has 2 fully saturated rings. The van der Waals surface area contributed by atoms with Crippen LogP contribution in [0.3, 0.4) is 0 Å². The number of Topliss-reactive ketones (excluding diaryl/α,β-unsaturated/α-hetero) is 1. The standard InChI is InChI=1S/C13H18O/c1-9(14)13-7-3-2-4-12(13)10-5-6-11(13)8-10/h5-6,10-12H,2-4,7-8H2,1H3. The third kappa shape index (κ3) is 0.838. The zero-order valence-corrected chi connectivity index (χ0v) is 8.83. The zero-order valence-electron chi connectivity index (χ0n) is 8.83. The van der Waals surface area contributed by atoms with Gasteiger partial charge in [0.05, 0.1) is 0 Å². The SMILES string of the molecule is CC(=O)C12CCCCC1C1C=CC2C1. The fraction of sp³-hybridized carbons (Fsp3) is 0.769. The van der Waals surface area contributed by atoms with Crippen LogP contribution in [0, 0.1) is 23.2 Å². The van der Waals surface area contributed by atoms with Crippen molar-refractivity contribution < 1.29 is 4.79 Å². The summed E-state index contributed by atoms with van der Waals surface area (Å²) in [7, 11) is 0. The number of carbonyl (C=O) groups is 1. The highest BCUT2D eigenvalue weighted by Crippen LogP contribution is 2.62. The Morgan fingerprint density at radius 1 is 1.36 bits per heavy atom. The van der Waals surface area contributed by atoms with E-state index in [2.05, 4.69) is 12.2 Å². The third-order valence-electron chi connectivity index (χ3n) is 4.97. The third-order valence-corrected chi connectivity index (χ3v) is 4.97. The second-order valence-electron chi connectivity index (χ2n) is 5.34. The van der Waals surface area contributed by atoms with Gasteiger partial charge in [0.1, 0.15) is 5.78 Å². The number of allylic oxidation sites excluding steroid dienone is 2. The lowest BCUT2D eigenvalue weighted by molar-refractivity contribution is -0.133. The van der Waals surface area contributed by atoms with Crippen molar-refractivity contribution in [2.45, 2.75) is 39.0 Å². The van der Waals surface area contributed by atoms with Gasteiger partial charge in [0, 0.05) is 5.41 Å². The van der Waals surface area contributed by atoms with Crippen LogP contribution in [0.25, 0.3) is 0 Å². The smallest absolute Gasteiger partial charge is 0.136 e. The van der Waals surface area contributed by atoms with Crippen LogP contribution in [0.4, 0.5) is 0 Å². The molecule has 0 amide bonds. The van der Waals surface area contributed by atoms with E-state index in [0.29, 0.717) is 17.6 Å². The number of hydrogen-bond acceptors (Lipinski definition) is 1. The Kier molecular flexibility index (Phi) is 1.68. The molecule has 0 aromatic rings. The lowest BCUT2D eigenvalue weighted by Crippen LogP contribution is -2.42. The molecule has 1 nitrogen and oxygen atoms in total. The van der Waals surface area contributed by atoms with Crippen molar-refractivity contribution in [3.63, 3.8) is 0 Å².